The summed E-state index contributed by atoms with van der Waals surface area (Å²) >= 11 is 0. The maximum absolute atomic E-state index is 13.2. The molecule has 0 aliphatic carbocycles. The lowest BCUT2D eigenvalue weighted by Crippen LogP contribution is -2.20. The van der Waals surface area contributed by atoms with E-state index in [2.05, 4.69) is 10.1 Å². The maximum Gasteiger partial charge on any atom is 0.282 e. The first kappa shape index (κ1) is 18.4. The van der Waals surface area contributed by atoms with E-state index in [1.165, 1.54) is 4.68 Å². The van der Waals surface area contributed by atoms with Gasteiger partial charge in [-0.2, -0.15) is 9.78 Å². The van der Waals surface area contributed by atoms with Gasteiger partial charge in [-0.3, -0.25) is 4.79 Å². The molecule has 0 bridgehead atoms. The van der Waals surface area contributed by atoms with Crippen molar-refractivity contribution in [2.75, 3.05) is 14.2 Å². The molecular weight excluding hydrogens is 366 g/mol. The molecule has 0 aliphatic rings. The monoisotopic (exact) mass is 385 g/mol. The molecule has 0 radical (unpaired) electrons. The highest BCUT2D eigenvalue weighted by atomic mass is 16.5. The van der Waals surface area contributed by atoms with Crippen molar-refractivity contribution in [3.8, 4) is 22.9 Å². The molecule has 0 unspecified atom stereocenters. The second-order valence-corrected chi connectivity index (χ2v) is 6.26. The summed E-state index contributed by atoms with van der Waals surface area (Å²) in [5.74, 6) is 1.60. The first-order chi connectivity index (χ1) is 14.2. The molecule has 1 heterocycles. The van der Waals surface area contributed by atoms with Crippen LogP contribution in [0.15, 0.2) is 82.7 Å². The van der Waals surface area contributed by atoms with Crippen LogP contribution in [0, 0.1) is 0 Å². The second-order valence-electron chi connectivity index (χ2n) is 6.26. The molecule has 4 rings (SSSR count). The van der Waals surface area contributed by atoms with Gasteiger partial charge in [0.15, 0.2) is 17.3 Å². The first-order valence-corrected chi connectivity index (χ1v) is 9.05. The van der Waals surface area contributed by atoms with Crippen LogP contribution in [0.25, 0.3) is 22.3 Å². The van der Waals surface area contributed by atoms with Gasteiger partial charge in [-0.1, -0.05) is 48.5 Å². The SMILES string of the molecule is COc1cccc(C=Nn2c(-c3ccccc3)nc3ccccc3c2=O)c1OC. The van der Waals surface area contributed by atoms with Crippen LogP contribution in [0.5, 0.6) is 11.5 Å². The van der Waals surface area contributed by atoms with Crippen molar-refractivity contribution in [3.05, 3.63) is 88.7 Å². The number of fused-ring (bicyclic) bond motifs is 1. The van der Waals surface area contributed by atoms with Crippen molar-refractivity contribution >= 4 is 17.1 Å². The van der Waals surface area contributed by atoms with E-state index in [1.54, 1.807) is 32.6 Å². The van der Waals surface area contributed by atoms with Crippen molar-refractivity contribution < 1.29 is 9.47 Å². The number of hydrogen-bond acceptors (Lipinski definition) is 5. The van der Waals surface area contributed by atoms with Crippen LogP contribution in [0.3, 0.4) is 0 Å². The van der Waals surface area contributed by atoms with E-state index in [9.17, 15) is 4.79 Å². The molecule has 1 aromatic heterocycles. The summed E-state index contributed by atoms with van der Waals surface area (Å²) in [5.41, 5.74) is 1.87. The summed E-state index contributed by atoms with van der Waals surface area (Å²) in [6.45, 7) is 0. The highest BCUT2D eigenvalue weighted by Gasteiger charge is 2.13. The topological polar surface area (TPSA) is 65.7 Å². The smallest absolute Gasteiger partial charge is 0.282 e. The lowest BCUT2D eigenvalue weighted by atomic mass is 10.2. The van der Waals surface area contributed by atoms with E-state index < -0.39 is 0 Å². The van der Waals surface area contributed by atoms with Gasteiger partial charge in [0.05, 0.1) is 31.3 Å². The number of rotatable bonds is 5. The molecule has 0 N–H and O–H groups in total. The predicted octanol–water partition coefficient (Wildman–Crippen LogP) is 3.96. The lowest BCUT2D eigenvalue weighted by molar-refractivity contribution is 0.354. The van der Waals surface area contributed by atoms with E-state index in [0.29, 0.717) is 33.8 Å². The summed E-state index contributed by atoms with van der Waals surface area (Å²) in [4.78, 5) is 17.9. The van der Waals surface area contributed by atoms with Crippen LogP contribution in [0.4, 0.5) is 0 Å². The normalized spacial score (nSPS) is 11.1. The van der Waals surface area contributed by atoms with Crippen molar-refractivity contribution in [3.63, 3.8) is 0 Å². The molecule has 4 aromatic rings. The number of para-hydroxylation sites is 2. The fraction of sp³-hybridized carbons (Fsp3) is 0.0870. The number of ether oxygens (including phenoxy) is 2. The third-order valence-electron chi connectivity index (χ3n) is 4.53. The Morgan fingerprint density at radius 3 is 2.41 bits per heavy atom. The Balaban J connectivity index is 1.93. The molecule has 0 saturated heterocycles. The second kappa shape index (κ2) is 7.98. The van der Waals surface area contributed by atoms with Crippen molar-refractivity contribution in [1.82, 2.24) is 9.66 Å². The van der Waals surface area contributed by atoms with Gasteiger partial charge in [0.25, 0.3) is 5.56 Å². The zero-order chi connectivity index (χ0) is 20.2. The van der Waals surface area contributed by atoms with Gasteiger partial charge in [-0.15, -0.1) is 0 Å². The van der Waals surface area contributed by atoms with Gasteiger partial charge in [0.2, 0.25) is 0 Å². The quantitative estimate of drug-likeness (QED) is 0.488. The number of hydrogen-bond donors (Lipinski definition) is 0. The van der Waals surface area contributed by atoms with Crippen LogP contribution in [0.1, 0.15) is 5.56 Å². The van der Waals surface area contributed by atoms with Gasteiger partial charge in [-0.25, -0.2) is 4.98 Å². The van der Waals surface area contributed by atoms with Gasteiger partial charge in [0.1, 0.15) is 0 Å². The molecule has 6 heteroatoms. The third kappa shape index (κ3) is 3.48. The minimum absolute atomic E-state index is 0.243. The molecule has 29 heavy (non-hydrogen) atoms. The van der Waals surface area contributed by atoms with Crippen LogP contribution in [-0.4, -0.2) is 30.1 Å². The van der Waals surface area contributed by atoms with Gasteiger partial charge >= 0.3 is 0 Å². The van der Waals surface area contributed by atoms with E-state index in [-0.39, 0.29) is 5.56 Å². The predicted molar refractivity (Wildman–Crippen MR) is 114 cm³/mol. The largest absolute Gasteiger partial charge is 0.493 e. The molecule has 0 atom stereocenters. The van der Waals surface area contributed by atoms with Gasteiger partial charge in [-0.05, 0) is 24.3 Å². The molecule has 6 nitrogen and oxygen atoms in total. The van der Waals surface area contributed by atoms with Crippen molar-refractivity contribution in [2.24, 2.45) is 5.10 Å². The average Bonchev–Trinajstić information content (AvgIpc) is 2.78. The zero-order valence-electron chi connectivity index (χ0n) is 16.1. The molecular formula is C23H19N3O3. The number of nitrogens with zero attached hydrogens (tertiary/aromatic N) is 3. The Hall–Kier alpha value is -3.93. The standard InChI is InChI=1S/C23H19N3O3/c1-28-20-14-8-11-17(21(20)29-2)15-24-26-22(16-9-4-3-5-10-16)25-19-13-7-6-12-18(19)23(26)27/h3-15H,1-2H3. The molecule has 0 fully saturated rings. The van der Waals surface area contributed by atoms with Crippen molar-refractivity contribution in [1.29, 1.82) is 0 Å². The Labute approximate surface area is 167 Å². The first-order valence-electron chi connectivity index (χ1n) is 9.05. The molecule has 3 aromatic carbocycles. The summed E-state index contributed by atoms with van der Waals surface area (Å²) in [5, 5.41) is 4.97. The summed E-state index contributed by atoms with van der Waals surface area (Å²) in [6.07, 6.45) is 1.58. The Kier molecular flexibility index (Phi) is 5.07. The number of methoxy groups -OCH3 is 2. The van der Waals surface area contributed by atoms with Gasteiger partial charge in [0, 0.05) is 11.1 Å². The lowest BCUT2D eigenvalue weighted by Gasteiger charge is -2.11. The van der Waals surface area contributed by atoms with Gasteiger partial charge < -0.3 is 9.47 Å². The zero-order valence-corrected chi connectivity index (χ0v) is 16.1. The van der Waals surface area contributed by atoms with E-state index >= 15 is 0 Å². The van der Waals surface area contributed by atoms with Crippen molar-refractivity contribution in [2.45, 2.75) is 0 Å². The molecule has 0 saturated carbocycles. The number of aromatic nitrogens is 2. The Bertz CT molecular complexity index is 1250. The minimum Gasteiger partial charge on any atom is -0.493 e. The fourth-order valence-corrected chi connectivity index (χ4v) is 3.14. The van der Waals surface area contributed by atoms with Crippen LogP contribution in [0.2, 0.25) is 0 Å². The molecule has 0 aliphatic heterocycles. The summed E-state index contributed by atoms with van der Waals surface area (Å²) < 4.78 is 12.1. The fourth-order valence-electron chi connectivity index (χ4n) is 3.14. The highest BCUT2D eigenvalue weighted by Crippen LogP contribution is 2.29. The maximum atomic E-state index is 13.2. The molecule has 144 valence electrons. The Morgan fingerprint density at radius 1 is 0.897 bits per heavy atom. The Morgan fingerprint density at radius 2 is 1.66 bits per heavy atom. The summed E-state index contributed by atoms with van der Waals surface area (Å²) in [7, 11) is 3.14. The molecule has 0 spiro atoms. The van der Waals surface area contributed by atoms with Crippen LogP contribution < -0.4 is 15.0 Å². The third-order valence-corrected chi connectivity index (χ3v) is 4.53. The van der Waals surface area contributed by atoms with Crippen LogP contribution >= 0.6 is 0 Å². The molecule has 0 amide bonds. The number of benzene rings is 3. The summed E-state index contributed by atoms with van der Waals surface area (Å²) in [6, 6.07) is 22.2. The van der Waals surface area contributed by atoms with E-state index in [1.807, 2.05) is 60.7 Å². The van der Waals surface area contributed by atoms with E-state index in [0.717, 1.165) is 5.56 Å². The highest BCUT2D eigenvalue weighted by molar-refractivity contribution is 5.85. The van der Waals surface area contributed by atoms with Crippen LogP contribution in [-0.2, 0) is 0 Å². The average molecular weight is 385 g/mol. The van der Waals surface area contributed by atoms with E-state index in [4.69, 9.17) is 9.47 Å². The minimum atomic E-state index is -0.243.